The SMILES string of the molecule is FC1(F)C2(F)C(F)(F)C3(F)C(F)(F)C1(F)C(F)(F)C(I)(C2(F)F)C3(F)F. The van der Waals surface area contributed by atoms with Gasteiger partial charge in [0, 0.05) is 0 Å². The van der Waals surface area contributed by atoms with Crippen molar-refractivity contribution in [2.75, 3.05) is 0 Å². The first kappa shape index (κ1) is 20.4. The molecule has 0 aliphatic heterocycles. The molecule has 0 saturated heterocycles. The Balaban J connectivity index is 2.71. The lowest BCUT2D eigenvalue weighted by atomic mass is 9.42. The molecule has 0 aromatic rings. The van der Waals surface area contributed by atoms with E-state index in [4.69, 9.17) is 0 Å². The third-order valence-electron chi connectivity index (χ3n) is 5.19. The summed E-state index contributed by atoms with van der Waals surface area (Å²) in [6, 6.07) is 0. The predicted molar refractivity (Wildman–Crippen MR) is 57.9 cm³/mol. The number of halogens is 16. The van der Waals surface area contributed by atoms with Crippen LogP contribution in [0.2, 0.25) is 0 Å². The van der Waals surface area contributed by atoms with Gasteiger partial charge in [0.2, 0.25) is 3.42 Å². The Labute approximate surface area is 145 Å². The Morgan fingerprint density at radius 3 is 0.615 bits per heavy atom. The van der Waals surface area contributed by atoms with Crippen LogP contribution in [0.15, 0.2) is 0 Å². The third kappa shape index (κ3) is 1.05. The summed E-state index contributed by atoms with van der Waals surface area (Å²) in [5.41, 5.74) is -22.4. The molecule has 0 spiro atoms. The maximum absolute atomic E-state index is 14.2. The number of rotatable bonds is 0. The minimum Gasteiger partial charge on any atom is -0.223 e. The van der Waals surface area contributed by atoms with E-state index in [0.717, 1.165) is 0 Å². The van der Waals surface area contributed by atoms with Gasteiger partial charge < -0.3 is 0 Å². The van der Waals surface area contributed by atoms with Gasteiger partial charge in [0.05, 0.1) is 0 Å². The fourth-order valence-corrected chi connectivity index (χ4v) is 4.90. The Bertz CT molecular complexity index is 512. The Morgan fingerprint density at radius 2 is 0.462 bits per heavy atom. The normalized spacial score (nSPS) is 53.5. The smallest absolute Gasteiger partial charge is 0.223 e. The van der Waals surface area contributed by atoms with Crippen LogP contribution in [0.3, 0.4) is 0 Å². The van der Waals surface area contributed by atoms with E-state index in [9.17, 15) is 65.9 Å². The molecule has 4 aliphatic rings. The molecule has 4 saturated carbocycles. The van der Waals surface area contributed by atoms with Crippen molar-refractivity contribution in [3.63, 3.8) is 0 Å². The summed E-state index contributed by atoms with van der Waals surface area (Å²) in [5.74, 6) is -44.8. The molecule has 4 rings (SSSR count). The van der Waals surface area contributed by atoms with Gasteiger partial charge in [-0.3, -0.25) is 0 Å². The van der Waals surface area contributed by atoms with Crippen molar-refractivity contribution in [1.82, 2.24) is 0 Å². The fraction of sp³-hybridized carbons (Fsp3) is 1.00. The zero-order valence-corrected chi connectivity index (χ0v) is 13.2. The van der Waals surface area contributed by atoms with Gasteiger partial charge in [-0.25, -0.2) is 39.5 Å². The predicted octanol–water partition coefficient (Wildman–Crippen LogP) is 5.14. The van der Waals surface area contributed by atoms with E-state index >= 15 is 0 Å². The van der Waals surface area contributed by atoms with Gasteiger partial charge >= 0.3 is 52.5 Å². The zero-order chi connectivity index (χ0) is 21.0. The standard InChI is InChI=1S/C10F15I/c11-1-5(14,15)2(12)7(18,19)3(13,6(1,16)17)10(24,25)4(26,8(1,20)21)9(2,22)23. The van der Waals surface area contributed by atoms with Gasteiger partial charge in [-0.1, -0.05) is 22.6 Å². The Morgan fingerprint density at radius 1 is 0.308 bits per heavy atom. The minimum absolute atomic E-state index is 0.996. The van der Waals surface area contributed by atoms with Gasteiger partial charge in [-0.05, 0) is 0 Å². The molecule has 0 N–H and O–H groups in total. The fourth-order valence-electron chi connectivity index (χ4n) is 3.79. The molecule has 0 aromatic heterocycles. The highest BCUT2D eigenvalue weighted by Gasteiger charge is 3.22. The first-order valence-corrected chi connectivity index (χ1v) is 7.10. The van der Waals surface area contributed by atoms with E-state index in [-0.39, 0.29) is 0 Å². The molecule has 0 radical (unpaired) electrons. The van der Waals surface area contributed by atoms with Crippen LogP contribution in [0.5, 0.6) is 0 Å². The van der Waals surface area contributed by atoms with Crippen molar-refractivity contribution in [2.24, 2.45) is 0 Å². The van der Waals surface area contributed by atoms with E-state index in [1.165, 1.54) is 0 Å². The van der Waals surface area contributed by atoms with Gasteiger partial charge in [0.15, 0.2) is 0 Å². The maximum atomic E-state index is 14.2. The molecule has 152 valence electrons. The lowest BCUT2D eigenvalue weighted by molar-refractivity contribution is -0.576. The molecule has 0 atom stereocenters. The first-order chi connectivity index (χ1) is 11.0. The Hall–Kier alpha value is -0.320. The van der Waals surface area contributed by atoms with Crippen LogP contribution in [-0.4, -0.2) is 56.0 Å². The maximum Gasteiger partial charge on any atom is 0.339 e. The second-order valence-corrected chi connectivity index (χ2v) is 7.70. The summed E-state index contributed by atoms with van der Waals surface area (Å²) < 4.78 is 203. The topological polar surface area (TPSA) is 0 Å². The molecule has 0 aromatic carbocycles. The molecule has 16 heteroatoms. The molecule has 0 heterocycles. The van der Waals surface area contributed by atoms with Crippen molar-refractivity contribution in [3.8, 4) is 0 Å². The van der Waals surface area contributed by atoms with E-state index in [1.54, 1.807) is 0 Å². The van der Waals surface area contributed by atoms with Gasteiger partial charge in [0.25, 0.3) is 0 Å². The minimum atomic E-state index is -7.68. The summed E-state index contributed by atoms with van der Waals surface area (Å²) in [4.78, 5) is 0. The zero-order valence-electron chi connectivity index (χ0n) is 11.0. The number of hydrogen-bond acceptors (Lipinski definition) is 0. The molecule has 0 unspecified atom stereocenters. The second kappa shape index (κ2) is 3.89. The number of hydrogen-bond donors (Lipinski definition) is 0. The van der Waals surface area contributed by atoms with Gasteiger partial charge in [-0.2, -0.15) is 26.3 Å². The highest BCUT2D eigenvalue weighted by molar-refractivity contribution is 14.1. The lowest BCUT2D eigenvalue weighted by Crippen LogP contribution is -3.08. The molecular weight excluding hydrogens is 532 g/mol. The molecule has 4 aliphatic carbocycles. The van der Waals surface area contributed by atoms with E-state index in [2.05, 4.69) is 0 Å². The van der Waals surface area contributed by atoms with Crippen molar-refractivity contribution in [3.05, 3.63) is 0 Å². The van der Waals surface area contributed by atoms with Crippen LogP contribution in [0, 0.1) is 0 Å². The summed E-state index contributed by atoms with van der Waals surface area (Å²) in [6.07, 6.45) is 0. The molecular formula is C10F15I. The average Bonchev–Trinajstić information content (AvgIpc) is 2.46. The molecule has 0 amide bonds. The summed E-state index contributed by atoms with van der Waals surface area (Å²) >= 11 is -0.996. The largest absolute Gasteiger partial charge is 0.339 e. The first-order valence-electron chi connectivity index (χ1n) is 6.02. The van der Waals surface area contributed by atoms with E-state index in [1.807, 2.05) is 0 Å². The van der Waals surface area contributed by atoms with Gasteiger partial charge in [0.1, 0.15) is 0 Å². The van der Waals surface area contributed by atoms with Crippen LogP contribution in [0.25, 0.3) is 0 Å². The quantitative estimate of drug-likeness (QED) is 0.231. The van der Waals surface area contributed by atoms with Crippen LogP contribution >= 0.6 is 22.6 Å². The highest BCUT2D eigenvalue weighted by Crippen LogP contribution is 2.89. The monoisotopic (exact) mass is 532 g/mol. The van der Waals surface area contributed by atoms with Crippen molar-refractivity contribution < 1.29 is 65.9 Å². The van der Waals surface area contributed by atoms with Crippen LogP contribution in [-0.2, 0) is 0 Å². The van der Waals surface area contributed by atoms with Crippen LogP contribution in [0.4, 0.5) is 65.9 Å². The average molecular weight is 532 g/mol. The summed E-state index contributed by atoms with van der Waals surface area (Å²) in [5, 5.41) is 0. The van der Waals surface area contributed by atoms with Crippen molar-refractivity contribution in [1.29, 1.82) is 0 Å². The molecule has 26 heavy (non-hydrogen) atoms. The molecule has 4 bridgehead atoms. The van der Waals surface area contributed by atoms with E-state index in [0.29, 0.717) is 0 Å². The Kier molecular flexibility index (Phi) is 3.05. The summed E-state index contributed by atoms with van der Waals surface area (Å²) in [7, 11) is 0. The van der Waals surface area contributed by atoms with Crippen molar-refractivity contribution in [2.45, 2.75) is 56.0 Å². The number of alkyl halides is 16. The molecule has 4 fully saturated rings. The summed E-state index contributed by atoms with van der Waals surface area (Å²) in [6.45, 7) is 0. The molecule has 0 nitrogen and oxygen atoms in total. The second-order valence-electron chi connectivity index (χ2n) is 6.08. The van der Waals surface area contributed by atoms with Crippen LogP contribution < -0.4 is 0 Å². The van der Waals surface area contributed by atoms with Gasteiger partial charge in [-0.15, -0.1) is 0 Å². The third-order valence-corrected chi connectivity index (χ3v) is 7.22. The highest BCUT2D eigenvalue weighted by atomic mass is 127. The van der Waals surface area contributed by atoms with Crippen LogP contribution in [0.1, 0.15) is 0 Å². The van der Waals surface area contributed by atoms with Crippen molar-refractivity contribution >= 4 is 22.6 Å². The van der Waals surface area contributed by atoms with E-state index < -0.39 is 78.6 Å². The lowest BCUT2D eigenvalue weighted by Gasteiger charge is -2.74.